The van der Waals surface area contributed by atoms with Gasteiger partial charge in [-0.15, -0.1) is 0 Å². The topological polar surface area (TPSA) is 110 Å². The molecule has 31 heavy (non-hydrogen) atoms. The highest BCUT2D eigenvalue weighted by Gasteiger charge is 2.14. The van der Waals surface area contributed by atoms with Crippen molar-refractivity contribution in [2.45, 2.75) is 0 Å². The third-order valence-electron chi connectivity index (χ3n) is 4.84. The first kappa shape index (κ1) is 18.6. The summed E-state index contributed by atoms with van der Waals surface area (Å²) in [6, 6.07) is 13.3. The number of hydrogen-bond donors (Lipinski definition) is 3. The maximum Gasteiger partial charge on any atom is 0.229 e. The Bertz CT molecular complexity index is 1370. The molecule has 0 bridgehead atoms. The number of pyridine rings is 1. The summed E-state index contributed by atoms with van der Waals surface area (Å²) >= 11 is 0. The molecular formula is C22H19N7O2. The summed E-state index contributed by atoms with van der Waals surface area (Å²) in [4.78, 5) is 13.4. The van der Waals surface area contributed by atoms with E-state index in [1.165, 1.54) is 0 Å². The molecule has 0 spiro atoms. The molecule has 0 unspecified atom stereocenters. The molecule has 154 valence electrons. The molecule has 0 fully saturated rings. The van der Waals surface area contributed by atoms with Gasteiger partial charge in [0.2, 0.25) is 5.95 Å². The molecule has 0 aliphatic heterocycles. The van der Waals surface area contributed by atoms with Crippen molar-refractivity contribution < 1.29 is 9.47 Å². The Morgan fingerprint density at radius 1 is 0.839 bits per heavy atom. The minimum atomic E-state index is 0.442. The van der Waals surface area contributed by atoms with Gasteiger partial charge in [0.15, 0.2) is 11.5 Å². The molecule has 0 saturated carbocycles. The maximum atomic E-state index is 5.48. The molecule has 5 aromatic rings. The van der Waals surface area contributed by atoms with Crippen LogP contribution in [0.4, 0.5) is 23.1 Å². The van der Waals surface area contributed by atoms with Gasteiger partial charge in [0.25, 0.3) is 0 Å². The Hall–Kier alpha value is -4.40. The summed E-state index contributed by atoms with van der Waals surface area (Å²) in [6.07, 6.45) is 5.19. The Kier molecular flexibility index (Phi) is 4.68. The van der Waals surface area contributed by atoms with Crippen molar-refractivity contribution in [2.24, 2.45) is 0 Å². The van der Waals surface area contributed by atoms with Crippen LogP contribution in [0.25, 0.3) is 21.8 Å². The average molecular weight is 413 g/mol. The molecule has 9 nitrogen and oxygen atoms in total. The van der Waals surface area contributed by atoms with Crippen LogP contribution in [0.1, 0.15) is 0 Å². The zero-order chi connectivity index (χ0) is 21.2. The normalized spacial score (nSPS) is 10.9. The summed E-state index contributed by atoms with van der Waals surface area (Å²) in [5.74, 6) is 2.26. The van der Waals surface area contributed by atoms with Gasteiger partial charge in [0.1, 0.15) is 5.82 Å². The lowest BCUT2D eigenvalue weighted by Crippen LogP contribution is -2.03. The van der Waals surface area contributed by atoms with E-state index in [2.05, 4.69) is 30.8 Å². The van der Waals surface area contributed by atoms with Gasteiger partial charge < -0.3 is 20.1 Å². The van der Waals surface area contributed by atoms with E-state index in [9.17, 15) is 0 Å². The van der Waals surface area contributed by atoms with Crippen LogP contribution in [0.3, 0.4) is 0 Å². The van der Waals surface area contributed by atoms with Gasteiger partial charge in [-0.2, -0.15) is 10.1 Å². The van der Waals surface area contributed by atoms with Crippen molar-refractivity contribution in [3.63, 3.8) is 0 Å². The molecule has 9 heteroatoms. The Balaban J connectivity index is 1.63. The van der Waals surface area contributed by atoms with Crippen molar-refractivity contribution in [1.82, 2.24) is 25.1 Å². The zero-order valence-corrected chi connectivity index (χ0v) is 16.9. The van der Waals surface area contributed by atoms with Crippen LogP contribution >= 0.6 is 0 Å². The monoisotopic (exact) mass is 413 g/mol. The van der Waals surface area contributed by atoms with Gasteiger partial charge in [0.05, 0.1) is 31.4 Å². The highest BCUT2D eigenvalue weighted by molar-refractivity contribution is 5.95. The summed E-state index contributed by atoms with van der Waals surface area (Å²) in [6.45, 7) is 0. The van der Waals surface area contributed by atoms with Crippen LogP contribution in [-0.4, -0.2) is 39.4 Å². The van der Waals surface area contributed by atoms with Crippen molar-refractivity contribution in [3.05, 3.63) is 61.1 Å². The number of fused-ring (bicyclic) bond motifs is 2. The highest BCUT2D eigenvalue weighted by Crippen LogP contribution is 2.36. The number of rotatable bonds is 6. The van der Waals surface area contributed by atoms with E-state index in [-0.39, 0.29) is 0 Å². The van der Waals surface area contributed by atoms with E-state index >= 15 is 0 Å². The van der Waals surface area contributed by atoms with Crippen LogP contribution in [0.5, 0.6) is 11.5 Å². The number of benzene rings is 2. The van der Waals surface area contributed by atoms with E-state index in [0.29, 0.717) is 28.8 Å². The van der Waals surface area contributed by atoms with E-state index in [0.717, 1.165) is 27.7 Å². The van der Waals surface area contributed by atoms with E-state index in [1.54, 1.807) is 32.8 Å². The predicted molar refractivity (Wildman–Crippen MR) is 120 cm³/mol. The standard InChI is InChI=1S/C22H19N7O2/c1-30-19-10-16-18(11-20(19)31-2)27-22(26-14-5-7-23-8-6-14)28-21(16)25-15-3-4-17-13(9-15)12-24-29-17/h3-12H,1-2H3,(H,24,29)(H2,23,25,26,27,28). The fourth-order valence-electron chi connectivity index (χ4n) is 3.33. The lowest BCUT2D eigenvalue weighted by molar-refractivity contribution is 0.356. The zero-order valence-electron chi connectivity index (χ0n) is 16.9. The molecule has 0 radical (unpaired) electrons. The van der Waals surface area contributed by atoms with Crippen LogP contribution < -0.4 is 20.1 Å². The van der Waals surface area contributed by atoms with Crippen LogP contribution in [0.15, 0.2) is 61.1 Å². The van der Waals surface area contributed by atoms with Crippen molar-refractivity contribution in [1.29, 1.82) is 0 Å². The van der Waals surface area contributed by atoms with Gasteiger partial charge in [-0.05, 0) is 36.4 Å². The molecule has 0 aliphatic rings. The predicted octanol–water partition coefficient (Wildman–Crippen LogP) is 4.41. The number of ether oxygens (including phenoxy) is 2. The van der Waals surface area contributed by atoms with Gasteiger partial charge in [-0.3, -0.25) is 10.1 Å². The molecule has 0 atom stereocenters. The number of hydrogen-bond acceptors (Lipinski definition) is 8. The van der Waals surface area contributed by atoms with Crippen LogP contribution in [0.2, 0.25) is 0 Å². The number of nitrogens with one attached hydrogen (secondary N) is 3. The smallest absolute Gasteiger partial charge is 0.229 e. The van der Waals surface area contributed by atoms with Crippen LogP contribution in [0, 0.1) is 0 Å². The molecule has 3 aromatic heterocycles. The second-order valence-electron chi connectivity index (χ2n) is 6.78. The van der Waals surface area contributed by atoms with E-state index < -0.39 is 0 Å². The highest BCUT2D eigenvalue weighted by atomic mass is 16.5. The molecule has 0 aliphatic carbocycles. The minimum absolute atomic E-state index is 0.442. The van der Waals surface area contributed by atoms with E-state index in [4.69, 9.17) is 14.5 Å². The number of aromatic amines is 1. The van der Waals surface area contributed by atoms with Crippen molar-refractivity contribution >= 4 is 44.9 Å². The maximum absolute atomic E-state index is 5.48. The third kappa shape index (κ3) is 3.64. The van der Waals surface area contributed by atoms with Gasteiger partial charge >= 0.3 is 0 Å². The molecule has 0 saturated heterocycles. The Morgan fingerprint density at radius 2 is 1.65 bits per heavy atom. The number of methoxy groups -OCH3 is 2. The molecule has 3 heterocycles. The lowest BCUT2D eigenvalue weighted by Gasteiger charge is -2.14. The van der Waals surface area contributed by atoms with Crippen molar-refractivity contribution in [2.75, 3.05) is 24.9 Å². The molecule has 3 N–H and O–H groups in total. The van der Waals surface area contributed by atoms with Gasteiger partial charge in [-0.25, -0.2) is 4.98 Å². The van der Waals surface area contributed by atoms with Crippen LogP contribution in [-0.2, 0) is 0 Å². The van der Waals surface area contributed by atoms with E-state index in [1.807, 2.05) is 42.5 Å². The molecule has 2 aromatic carbocycles. The average Bonchev–Trinajstić information content (AvgIpc) is 3.27. The second-order valence-corrected chi connectivity index (χ2v) is 6.78. The fraction of sp³-hybridized carbons (Fsp3) is 0.0909. The Morgan fingerprint density at radius 3 is 2.45 bits per heavy atom. The number of H-pyrrole nitrogens is 1. The molecule has 5 rings (SSSR count). The first-order valence-corrected chi connectivity index (χ1v) is 9.54. The summed E-state index contributed by atoms with van der Waals surface area (Å²) in [5.41, 5.74) is 3.37. The van der Waals surface area contributed by atoms with Gasteiger partial charge in [0, 0.05) is 40.6 Å². The first-order chi connectivity index (χ1) is 15.2. The summed E-state index contributed by atoms with van der Waals surface area (Å²) in [5, 5.41) is 15.5. The van der Waals surface area contributed by atoms with Gasteiger partial charge in [-0.1, -0.05) is 0 Å². The number of nitrogens with zero attached hydrogens (tertiary/aromatic N) is 4. The quantitative estimate of drug-likeness (QED) is 0.376. The Labute approximate surface area is 177 Å². The number of anilines is 4. The third-order valence-corrected chi connectivity index (χ3v) is 4.84. The van der Waals surface area contributed by atoms with Crippen molar-refractivity contribution in [3.8, 4) is 11.5 Å². The lowest BCUT2D eigenvalue weighted by atomic mass is 10.2. The molecular weight excluding hydrogens is 394 g/mol. The first-order valence-electron chi connectivity index (χ1n) is 9.54. The summed E-state index contributed by atoms with van der Waals surface area (Å²) < 4.78 is 10.9. The molecule has 0 amide bonds. The fourth-order valence-corrected chi connectivity index (χ4v) is 3.33. The second kappa shape index (κ2) is 7.79. The number of aromatic nitrogens is 5. The largest absolute Gasteiger partial charge is 0.493 e. The summed E-state index contributed by atoms with van der Waals surface area (Å²) in [7, 11) is 3.20. The SMILES string of the molecule is COc1cc2nc(Nc3ccncc3)nc(Nc3ccc4[nH]ncc4c3)c2cc1OC. The minimum Gasteiger partial charge on any atom is -0.493 e.